The SMILES string of the molecule is C#CCCCSC[C@H](NC(C)=O)C(=O)O. The summed E-state index contributed by atoms with van der Waals surface area (Å²) in [5.74, 6) is 2.37. The van der Waals surface area contributed by atoms with Crippen LogP contribution in [0.25, 0.3) is 0 Å². The van der Waals surface area contributed by atoms with E-state index >= 15 is 0 Å². The van der Waals surface area contributed by atoms with Gasteiger partial charge < -0.3 is 10.4 Å². The number of terminal acetylenes is 1. The highest BCUT2D eigenvalue weighted by molar-refractivity contribution is 7.99. The Morgan fingerprint density at radius 1 is 1.60 bits per heavy atom. The van der Waals surface area contributed by atoms with Gasteiger partial charge in [-0.3, -0.25) is 4.79 Å². The standard InChI is InChI=1S/C10H15NO3S/c1-3-4-5-6-15-7-9(10(13)14)11-8(2)12/h1,9H,4-7H2,2H3,(H,11,12)(H,13,14)/t9-/m0/s1. The number of aliphatic carboxylic acids is 1. The van der Waals surface area contributed by atoms with E-state index in [1.165, 1.54) is 18.7 Å². The van der Waals surface area contributed by atoms with Gasteiger partial charge in [0.05, 0.1) is 0 Å². The van der Waals surface area contributed by atoms with Crippen LogP contribution in [-0.4, -0.2) is 34.5 Å². The number of thioether (sulfide) groups is 1. The molecular weight excluding hydrogens is 214 g/mol. The summed E-state index contributed by atoms with van der Waals surface area (Å²) >= 11 is 1.48. The van der Waals surface area contributed by atoms with E-state index in [1.807, 2.05) is 0 Å². The minimum absolute atomic E-state index is 0.327. The maximum absolute atomic E-state index is 10.7. The van der Waals surface area contributed by atoms with Crippen LogP contribution >= 0.6 is 11.8 Å². The molecule has 0 saturated heterocycles. The van der Waals surface area contributed by atoms with Crippen LogP contribution in [0.4, 0.5) is 0 Å². The lowest BCUT2D eigenvalue weighted by atomic mass is 10.3. The highest BCUT2D eigenvalue weighted by Crippen LogP contribution is 2.06. The van der Waals surface area contributed by atoms with Crippen LogP contribution in [0, 0.1) is 12.3 Å². The van der Waals surface area contributed by atoms with Crippen molar-refractivity contribution in [3.8, 4) is 12.3 Å². The zero-order valence-corrected chi connectivity index (χ0v) is 9.47. The van der Waals surface area contributed by atoms with Gasteiger partial charge >= 0.3 is 5.97 Å². The quantitative estimate of drug-likeness (QED) is 0.499. The number of hydrogen-bond acceptors (Lipinski definition) is 3. The molecule has 0 radical (unpaired) electrons. The van der Waals surface area contributed by atoms with Gasteiger partial charge in [-0.25, -0.2) is 4.79 Å². The largest absolute Gasteiger partial charge is 0.480 e. The predicted molar refractivity (Wildman–Crippen MR) is 60.6 cm³/mol. The maximum atomic E-state index is 10.7. The van der Waals surface area contributed by atoms with Crippen molar-refractivity contribution in [2.24, 2.45) is 0 Å². The molecule has 5 heteroatoms. The number of carboxylic acids is 1. The molecule has 15 heavy (non-hydrogen) atoms. The van der Waals surface area contributed by atoms with E-state index in [-0.39, 0.29) is 5.91 Å². The van der Waals surface area contributed by atoms with E-state index in [4.69, 9.17) is 11.5 Å². The Morgan fingerprint density at radius 3 is 2.73 bits per heavy atom. The first-order valence-corrected chi connectivity index (χ1v) is 5.74. The Bertz CT molecular complexity index is 260. The molecule has 84 valence electrons. The number of carbonyl (C=O) groups excluding carboxylic acids is 1. The van der Waals surface area contributed by atoms with Crippen molar-refractivity contribution >= 4 is 23.6 Å². The lowest BCUT2D eigenvalue weighted by Crippen LogP contribution is -2.41. The smallest absolute Gasteiger partial charge is 0.327 e. The van der Waals surface area contributed by atoms with Gasteiger partial charge in [0.1, 0.15) is 6.04 Å². The predicted octanol–water partition coefficient (Wildman–Crippen LogP) is 0.722. The lowest BCUT2D eigenvalue weighted by Gasteiger charge is -2.12. The summed E-state index contributed by atoms with van der Waals surface area (Å²) in [7, 11) is 0. The second kappa shape index (κ2) is 8.18. The number of hydrogen-bond donors (Lipinski definition) is 2. The molecule has 0 aliphatic heterocycles. The van der Waals surface area contributed by atoms with Gasteiger partial charge in [0.15, 0.2) is 0 Å². The van der Waals surface area contributed by atoms with Crippen molar-refractivity contribution < 1.29 is 14.7 Å². The third-order valence-electron chi connectivity index (χ3n) is 1.57. The molecule has 0 fully saturated rings. The Kier molecular flexibility index (Phi) is 7.56. The molecule has 0 aliphatic carbocycles. The number of nitrogens with one attached hydrogen (secondary N) is 1. The first kappa shape index (κ1) is 13.8. The van der Waals surface area contributed by atoms with Crippen LogP contribution in [0.1, 0.15) is 19.8 Å². The zero-order valence-electron chi connectivity index (χ0n) is 8.66. The molecule has 0 saturated carbocycles. The molecule has 0 rings (SSSR count). The molecule has 0 spiro atoms. The summed E-state index contributed by atoms with van der Waals surface area (Å²) in [5.41, 5.74) is 0. The van der Waals surface area contributed by atoms with Gasteiger partial charge in [0, 0.05) is 19.1 Å². The van der Waals surface area contributed by atoms with Crippen molar-refractivity contribution in [2.75, 3.05) is 11.5 Å². The summed E-state index contributed by atoms with van der Waals surface area (Å²) in [5, 5.41) is 11.1. The van der Waals surface area contributed by atoms with E-state index in [0.29, 0.717) is 12.2 Å². The fourth-order valence-electron chi connectivity index (χ4n) is 0.898. The third-order valence-corrected chi connectivity index (χ3v) is 2.72. The van der Waals surface area contributed by atoms with E-state index in [2.05, 4.69) is 11.2 Å². The molecule has 0 heterocycles. The van der Waals surface area contributed by atoms with Crippen molar-refractivity contribution in [3.05, 3.63) is 0 Å². The number of rotatable bonds is 7. The van der Waals surface area contributed by atoms with E-state index in [0.717, 1.165) is 12.2 Å². The summed E-state index contributed by atoms with van der Waals surface area (Å²) in [6, 6.07) is -0.807. The van der Waals surface area contributed by atoms with Crippen LogP contribution in [0.5, 0.6) is 0 Å². The van der Waals surface area contributed by atoms with E-state index < -0.39 is 12.0 Å². The van der Waals surface area contributed by atoms with Crippen molar-refractivity contribution in [1.29, 1.82) is 0 Å². The lowest BCUT2D eigenvalue weighted by molar-refractivity contribution is -0.140. The maximum Gasteiger partial charge on any atom is 0.327 e. The minimum Gasteiger partial charge on any atom is -0.480 e. The number of carboxylic acid groups (broad SMARTS) is 1. The van der Waals surface area contributed by atoms with Crippen LogP contribution in [-0.2, 0) is 9.59 Å². The normalized spacial score (nSPS) is 11.5. The molecule has 4 nitrogen and oxygen atoms in total. The molecule has 0 aliphatic rings. The van der Waals surface area contributed by atoms with Gasteiger partial charge in [0.25, 0.3) is 0 Å². The number of unbranched alkanes of at least 4 members (excludes halogenated alkanes) is 1. The average Bonchev–Trinajstić information content (AvgIpc) is 2.15. The molecule has 0 aromatic heterocycles. The average molecular weight is 229 g/mol. The highest BCUT2D eigenvalue weighted by Gasteiger charge is 2.17. The Labute approximate surface area is 93.8 Å². The third kappa shape index (κ3) is 7.89. The summed E-state index contributed by atoms with van der Waals surface area (Å²) in [4.78, 5) is 21.4. The molecule has 1 amide bonds. The van der Waals surface area contributed by atoms with Gasteiger partial charge in [-0.1, -0.05) is 0 Å². The fraction of sp³-hybridized carbons (Fsp3) is 0.600. The van der Waals surface area contributed by atoms with E-state index in [9.17, 15) is 9.59 Å². The first-order chi connectivity index (χ1) is 7.07. The zero-order chi connectivity index (χ0) is 11.7. The van der Waals surface area contributed by atoms with Gasteiger partial charge in [-0.05, 0) is 12.2 Å². The Balaban J connectivity index is 3.73. The highest BCUT2D eigenvalue weighted by atomic mass is 32.2. The Morgan fingerprint density at radius 2 is 2.27 bits per heavy atom. The molecule has 0 bridgehead atoms. The van der Waals surface area contributed by atoms with Crippen LogP contribution in [0.2, 0.25) is 0 Å². The Hall–Kier alpha value is -1.15. The molecule has 0 unspecified atom stereocenters. The molecule has 2 N–H and O–H groups in total. The second-order valence-corrected chi connectivity index (χ2v) is 4.12. The van der Waals surface area contributed by atoms with Gasteiger partial charge in [-0.2, -0.15) is 11.8 Å². The fourth-order valence-corrected chi connectivity index (χ4v) is 1.87. The monoisotopic (exact) mass is 229 g/mol. The first-order valence-electron chi connectivity index (χ1n) is 4.59. The molecular formula is C10H15NO3S. The van der Waals surface area contributed by atoms with Crippen LogP contribution < -0.4 is 5.32 Å². The second-order valence-electron chi connectivity index (χ2n) is 2.97. The summed E-state index contributed by atoms with van der Waals surface area (Å²) in [6.07, 6.45) is 6.64. The topological polar surface area (TPSA) is 66.4 Å². The molecule has 1 atom stereocenters. The molecule has 0 aromatic carbocycles. The summed E-state index contributed by atoms with van der Waals surface area (Å²) in [6.45, 7) is 1.30. The number of carbonyl (C=O) groups is 2. The van der Waals surface area contributed by atoms with Crippen LogP contribution in [0.15, 0.2) is 0 Å². The van der Waals surface area contributed by atoms with Gasteiger partial charge in [0.2, 0.25) is 5.91 Å². The minimum atomic E-state index is -1.00. The van der Waals surface area contributed by atoms with Crippen molar-refractivity contribution in [3.63, 3.8) is 0 Å². The van der Waals surface area contributed by atoms with E-state index in [1.54, 1.807) is 0 Å². The summed E-state index contributed by atoms with van der Waals surface area (Å²) < 4.78 is 0. The van der Waals surface area contributed by atoms with Crippen LogP contribution in [0.3, 0.4) is 0 Å². The molecule has 0 aromatic rings. The number of amides is 1. The van der Waals surface area contributed by atoms with Crippen molar-refractivity contribution in [1.82, 2.24) is 5.32 Å². The van der Waals surface area contributed by atoms with Crippen molar-refractivity contribution in [2.45, 2.75) is 25.8 Å². The van der Waals surface area contributed by atoms with Gasteiger partial charge in [-0.15, -0.1) is 12.3 Å².